The number of ether oxygens (including phenoxy) is 3. The van der Waals surface area contributed by atoms with Crippen LogP contribution in [-0.2, 0) is 0 Å². The van der Waals surface area contributed by atoms with Crippen LogP contribution in [0.5, 0.6) is 23.0 Å². The quantitative estimate of drug-likeness (QED) is 0.244. The fourth-order valence-electron chi connectivity index (χ4n) is 3.67. The van der Waals surface area contributed by atoms with E-state index in [-0.39, 0.29) is 0 Å². The average Bonchev–Trinajstić information content (AvgIpc) is 2.80. The van der Waals surface area contributed by atoms with E-state index in [0.29, 0.717) is 6.61 Å². The molecule has 0 atom stereocenters. The van der Waals surface area contributed by atoms with Gasteiger partial charge in [-0.3, -0.25) is 0 Å². The highest BCUT2D eigenvalue weighted by molar-refractivity contribution is 5.96. The molecule has 0 aliphatic rings. The second kappa shape index (κ2) is 12.9. The van der Waals surface area contributed by atoms with Gasteiger partial charge in [0.2, 0.25) is 0 Å². The summed E-state index contributed by atoms with van der Waals surface area (Å²) in [5, 5.41) is 2.11. The van der Waals surface area contributed by atoms with Crippen LogP contribution < -0.4 is 14.2 Å². The van der Waals surface area contributed by atoms with Crippen molar-refractivity contribution >= 4 is 10.8 Å². The van der Waals surface area contributed by atoms with Crippen LogP contribution in [0.2, 0.25) is 0 Å². The van der Waals surface area contributed by atoms with Gasteiger partial charge < -0.3 is 14.2 Å². The van der Waals surface area contributed by atoms with E-state index in [1.54, 1.807) is 0 Å². The molecule has 0 N–H and O–H groups in total. The number of fused-ring (bicyclic) bond motifs is 1. The molecule has 0 aromatic heterocycles. The molecule has 0 radical (unpaired) electrons. The third-order valence-electron chi connectivity index (χ3n) is 5.39. The monoisotopic (exact) mass is 420 g/mol. The molecule has 3 aromatic rings. The summed E-state index contributed by atoms with van der Waals surface area (Å²) in [6.07, 6.45) is 9.41. The van der Waals surface area contributed by atoms with E-state index in [0.717, 1.165) is 53.2 Å². The molecular weight excluding hydrogens is 384 g/mol. The van der Waals surface area contributed by atoms with Crippen LogP contribution >= 0.6 is 0 Å². The van der Waals surface area contributed by atoms with Gasteiger partial charge >= 0.3 is 0 Å². The molecule has 0 heterocycles. The minimum atomic E-state index is 0.676. The largest absolute Gasteiger partial charge is 0.493 e. The zero-order valence-electron chi connectivity index (χ0n) is 19.1. The molecule has 0 saturated carbocycles. The average molecular weight is 421 g/mol. The Balaban J connectivity index is 1.87. The number of hydrogen-bond acceptors (Lipinski definition) is 3. The zero-order valence-corrected chi connectivity index (χ0v) is 19.1. The number of benzene rings is 3. The summed E-state index contributed by atoms with van der Waals surface area (Å²) in [4.78, 5) is 0. The fraction of sp³-hybridized carbons (Fsp3) is 0.429. The van der Waals surface area contributed by atoms with Gasteiger partial charge in [0.25, 0.3) is 0 Å². The molecular formula is C28H36O3. The smallest absolute Gasteiger partial charge is 0.173 e. The highest BCUT2D eigenvalue weighted by Crippen LogP contribution is 2.42. The van der Waals surface area contributed by atoms with Crippen LogP contribution in [0.4, 0.5) is 0 Å². The van der Waals surface area contributed by atoms with E-state index < -0.39 is 0 Å². The maximum absolute atomic E-state index is 6.35. The SMILES string of the molecule is CCCCCCOc1cccc2ccc(Oc3ccccc3)c(OCCCCCC)c12. The first-order valence-corrected chi connectivity index (χ1v) is 11.9. The van der Waals surface area contributed by atoms with Crippen LogP contribution in [0.15, 0.2) is 60.7 Å². The molecule has 0 amide bonds. The topological polar surface area (TPSA) is 27.7 Å². The van der Waals surface area contributed by atoms with E-state index in [1.165, 1.54) is 38.5 Å². The van der Waals surface area contributed by atoms with Crippen molar-refractivity contribution in [2.24, 2.45) is 0 Å². The summed E-state index contributed by atoms with van der Waals surface area (Å²) < 4.78 is 18.8. The van der Waals surface area contributed by atoms with Crippen molar-refractivity contribution in [2.75, 3.05) is 13.2 Å². The lowest BCUT2D eigenvalue weighted by Gasteiger charge is -2.18. The highest BCUT2D eigenvalue weighted by Gasteiger charge is 2.16. The molecule has 0 unspecified atom stereocenters. The van der Waals surface area contributed by atoms with Crippen molar-refractivity contribution in [1.29, 1.82) is 0 Å². The second-order valence-electron chi connectivity index (χ2n) is 7.98. The van der Waals surface area contributed by atoms with Crippen LogP contribution in [0, 0.1) is 0 Å². The molecule has 3 rings (SSSR count). The van der Waals surface area contributed by atoms with Crippen LogP contribution in [0.25, 0.3) is 10.8 Å². The van der Waals surface area contributed by atoms with Gasteiger partial charge in [-0.1, -0.05) is 88.8 Å². The molecule has 0 spiro atoms. The molecule has 3 nitrogen and oxygen atoms in total. The van der Waals surface area contributed by atoms with Crippen molar-refractivity contribution < 1.29 is 14.2 Å². The third kappa shape index (κ3) is 6.92. The molecule has 166 valence electrons. The Morgan fingerprint density at radius 1 is 0.581 bits per heavy atom. The molecule has 0 bridgehead atoms. The van der Waals surface area contributed by atoms with Gasteiger partial charge in [0, 0.05) is 0 Å². The Morgan fingerprint density at radius 2 is 1.29 bits per heavy atom. The molecule has 3 heteroatoms. The normalized spacial score (nSPS) is 10.9. The van der Waals surface area contributed by atoms with Gasteiger partial charge in [-0.2, -0.15) is 0 Å². The minimum Gasteiger partial charge on any atom is -0.493 e. The van der Waals surface area contributed by atoms with E-state index in [1.807, 2.05) is 48.5 Å². The van der Waals surface area contributed by atoms with E-state index in [9.17, 15) is 0 Å². The van der Waals surface area contributed by atoms with Gasteiger partial charge in [0.1, 0.15) is 11.5 Å². The Hall–Kier alpha value is -2.68. The molecule has 31 heavy (non-hydrogen) atoms. The molecule has 0 aliphatic heterocycles. The maximum Gasteiger partial charge on any atom is 0.173 e. The minimum absolute atomic E-state index is 0.676. The van der Waals surface area contributed by atoms with E-state index >= 15 is 0 Å². The summed E-state index contributed by atoms with van der Waals surface area (Å²) >= 11 is 0. The van der Waals surface area contributed by atoms with Crippen molar-refractivity contribution in [3.05, 3.63) is 60.7 Å². The number of unbranched alkanes of at least 4 members (excludes halogenated alkanes) is 6. The van der Waals surface area contributed by atoms with Gasteiger partial charge in [0.05, 0.1) is 18.6 Å². The van der Waals surface area contributed by atoms with Gasteiger partial charge in [-0.05, 0) is 42.5 Å². The predicted molar refractivity (Wildman–Crippen MR) is 130 cm³/mol. The fourth-order valence-corrected chi connectivity index (χ4v) is 3.67. The Morgan fingerprint density at radius 3 is 2.00 bits per heavy atom. The van der Waals surface area contributed by atoms with Crippen LogP contribution in [0.3, 0.4) is 0 Å². The maximum atomic E-state index is 6.35. The predicted octanol–water partition coefficient (Wildman–Crippen LogP) is 8.55. The number of rotatable bonds is 14. The molecule has 3 aromatic carbocycles. The Kier molecular flexibility index (Phi) is 9.56. The van der Waals surface area contributed by atoms with Crippen molar-refractivity contribution in [1.82, 2.24) is 0 Å². The van der Waals surface area contributed by atoms with Gasteiger partial charge in [0.15, 0.2) is 11.5 Å². The van der Waals surface area contributed by atoms with Gasteiger partial charge in [-0.25, -0.2) is 0 Å². The van der Waals surface area contributed by atoms with Crippen LogP contribution in [-0.4, -0.2) is 13.2 Å². The van der Waals surface area contributed by atoms with Crippen LogP contribution in [0.1, 0.15) is 65.2 Å². The summed E-state index contributed by atoms with van der Waals surface area (Å²) in [6.45, 7) is 5.85. The summed E-state index contributed by atoms with van der Waals surface area (Å²) in [6, 6.07) is 20.2. The van der Waals surface area contributed by atoms with Crippen molar-refractivity contribution in [3.63, 3.8) is 0 Å². The Labute approximate surface area is 187 Å². The summed E-state index contributed by atoms with van der Waals surface area (Å²) in [5.41, 5.74) is 0. The van der Waals surface area contributed by atoms with Crippen molar-refractivity contribution in [2.45, 2.75) is 65.2 Å². The molecule has 0 saturated heterocycles. The highest BCUT2D eigenvalue weighted by atomic mass is 16.5. The lowest BCUT2D eigenvalue weighted by Crippen LogP contribution is -2.02. The number of hydrogen-bond donors (Lipinski definition) is 0. The lowest BCUT2D eigenvalue weighted by molar-refractivity contribution is 0.289. The van der Waals surface area contributed by atoms with E-state index in [4.69, 9.17) is 14.2 Å². The summed E-state index contributed by atoms with van der Waals surface area (Å²) in [7, 11) is 0. The third-order valence-corrected chi connectivity index (χ3v) is 5.39. The van der Waals surface area contributed by atoms with Crippen molar-refractivity contribution in [3.8, 4) is 23.0 Å². The first kappa shape index (κ1) is 23.0. The first-order valence-electron chi connectivity index (χ1n) is 11.9. The summed E-state index contributed by atoms with van der Waals surface area (Å²) in [5.74, 6) is 3.19. The standard InChI is InChI=1S/C28H36O3/c1-3-5-7-12-21-29-25-18-14-15-23-19-20-26(31-24-16-10-9-11-17-24)28(27(23)25)30-22-13-8-6-4-2/h9-11,14-20H,3-8,12-13,21-22H2,1-2H3. The zero-order chi connectivity index (χ0) is 21.7. The second-order valence-corrected chi connectivity index (χ2v) is 7.98. The Bertz CT molecular complexity index is 905. The molecule has 0 fully saturated rings. The number of para-hydroxylation sites is 1. The first-order chi connectivity index (χ1) is 15.3. The molecule has 0 aliphatic carbocycles. The van der Waals surface area contributed by atoms with E-state index in [2.05, 4.69) is 26.0 Å². The van der Waals surface area contributed by atoms with Gasteiger partial charge in [-0.15, -0.1) is 0 Å². The lowest BCUT2D eigenvalue weighted by atomic mass is 10.1.